The number of hydrogen-bond acceptors (Lipinski definition) is 7. The number of carbonyl (C=O) groups is 1. The summed E-state index contributed by atoms with van der Waals surface area (Å²) < 4.78 is 40.5. The molecule has 144 valence electrons. The van der Waals surface area contributed by atoms with Gasteiger partial charge in [0, 0.05) is 37.6 Å². The molecule has 3 rings (SSSR count). The third kappa shape index (κ3) is 4.70. The number of hydrogen-bond donors (Lipinski definition) is 1. The van der Waals surface area contributed by atoms with E-state index in [0.717, 1.165) is 12.1 Å². The lowest BCUT2D eigenvalue weighted by Gasteiger charge is -2.32. The quantitative estimate of drug-likeness (QED) is 0.785. The number of carbonyl (C=O) groups excluding carboxylic acids is 1. The number of anilines is 1. The number of amides is 1. The van der Waals surface area contributed by atoms with E-state index in [1.54, 1.807) is 17.9 Å². The van der Waals surface area contributed by atoms with Crippen LogP contribution in [-0.4, -0.2) is 48.4 Å². The normalized spacial score (nSPS) is 15.6. The van der Waals surface area contributed by atoms with E-state index in [1.807, 2.05) is 0 Å². The fraction of sp³-hybridized carbons (Fsp3) is 0.353. The third-order valence-electron chi connectivity index (χ3n) is 4.23. The largest absolute Gasteiger partial charge is 0.474 e. The second-order valence-electron chi connectivity index (χ2n) is 6.25. The minimum atomic E-state index is -4.77. The number of benzene rings is 1. The van der Waals surface area contributed by atoms with Crippen LogP contribution in [0.2, 0.25) is 0 Å². The van der Waals surface area contributed by atoms with Crippen molar-refractivity contribution < 1.29 is 21.8 Å². The van der Waals surface area contributed by atoms with Crippen molar-refractivity contribution in [1.82, 2.24) is 14.9 Å². The molecule has 1 aliphatic heterocycles. The Bertz CT molecular complexity index is 922. The molecule has 2 N–H and O–H groups in total. The first-order valence-corrected chi connectivity index (χ1v) is 9.72. The summed E-state index contributed by atoms with van der Waals surface area (Å²) >= 11 is 0. The summed E-state index contributed by atoms with van der Waals surface area (Å²) in [7, 11) is -4.77. The van der Waals surface area contributed by atoms with Crippen LogP contribution < -0.4 is 10.5 Å². The zero-order chi connectivity index (χ0) is 19.6. The SMILES string of the molecule is Cc1nc(N)cc(OC2CCN(C(=O)c3ccc(S(=O)(=O)F)cc3)CC2)n1. The molecule has 1 aromatic heterocycles. The molecule has 10 heteroatoms. The second kappa shape index (κ2) is 7.47. The Balaban J connectivity index is 1.59. The molecule has 1 amide bonds. The summed E-state index contributed by atoms with van der Waals surface area (Å²) in [4.78, 5) is 21.9. The van der Waals surface area contributed by atoms with Crippen molar-refractivity contribution in [3.63, 3.8) is 0 Å². The molecule has 0 unspecified atom stereocenters. The number of rotatable bonds is 4. The molecule has 1 aliphatic rings. The molecular formula is C17H19FN4O4S. The van der Waals surface area contributed by atoms with E-state index in [2.05, 4.69) is 9.97 Å². The predicted molar refractivity (Wildman–Crippen MR) is 95.5 cm³/mol. The first kappa shape index (κ1) is 19.0. The number of likely N-dealkylation sites (tertiary alicyclic amines) is 1. The van der Waals surface area contributed by atoms with E-state index in [-0.39, 0.29) is 12.0 Å². The number of nitrogen functional groups attached to an aromatic ring is 1. The smallest absolute Gasteiger partial charge is 0.332 e. The zero-order valence-electron chi connectivity index (χ0n) is 14.6. The lowest BCUT2D eigenvalue weighted by Crippen LogP contribution is -2.41. The van der Waals surface area contributed by atoms with Gasteiger partial charge in [-0.15, -0.1) is 3.89 Å². The molecule has 27 heavy (non-hydrogen) atoms. The van der Waals surface area contributed by atoms with Crippen LogP contribution in [0.4, 0.5) is 9.70 Å². The molecule has 0 radical (unpaired) electrons. The van der Waals surface area contributed by atoms with Gasteiger partial charge in [-0.3, -0.25) is 4.79 Å². The van der Waals surface area contributed by atoms with Gasteiger partial charge in [-0.1, -0.05) is 0 Å². The summed E-state index contributed by atoms with van der Waals surface area (Å²) in [5.41, 5.74) is 5.99. The maximum Gasteiger partial charge on any atom is 0.332 e. The molecular weight excluding hydrogens is 375 g/mol. The van der Waals surface area contributed by atoms with Gasteiger partial charge in [0.2, 0.25) is 5.88 Å². The number of piperidine rings is 1. The topological polar surface area (TPSA) is 115 Å². The Hall–Kier alpha value is -2.75. The Kier molecular flexibility index (Phi) is 5.26. The lowest BCUT2D eigenvalue weighted by molar-refractivity contribution is 0.0587. The zero-order valence-corrected chi connectivity index (χ0v) is 15.4. The van der Waals surface area contributed by atoms with Crippen LogP contribution >= 0.6 is 0 Å². The van der Waals surface area contributed by atoms with Gasteiger partial charge >= 0.3 is 10.2 Å². The van der Waals surface area contributed by atoms with Crippen molar-refractivity contribution in [3.8, 4) is 5.88 Å². The van der Waals surface area contributed by atoms with Gasteiger partial charge < -0.3 is 15.4 Å². The van der Waals surface area contributed by atoms with Crippen molar-refractivity contribution in [3.05, 3.63) is 41.7 Å². The highest BCUT2D eigenvalue weighted by Gasteiger charge is 2.25. The van der Waals surface area contributed by atoms with Crippen molar-refractivity contribution in [2.45, 2.75) is 30.8 Å². The molecule has 0 aliphatic carbocycles. The molecule has 1 aromatic carbocycles. The molecule has 0 saturated carbocycles. The Morgan fingerprint density at radius 3 is 2.41 bits per heavy atom. The standard InChI is InChI=1S/C17H19FN4O4S/c1-11-20-15(19)10-16(21-11)26-13-6-8-22(9-7-13)17(23)12-2-4-14(5-3-12)27(18,24)25/h2-5,10,13H,6-9H2,1H3,(H2,19,20,21). The lowest BCUT2D eigenvalue weighted by atomic mass is 10.1. The molecule has 2 heterocycles. The average molecular weight is 394 g/mol. The van der Waals surface area contributed by atoms with E-state index in [0.29, 0.717) is 49.0 Å². The van der Waals surface area contributed by atoms with E-state index < -0.39 is 15.1 Å². The maximum atomic E-state index is 12.9. The van der Waals surface area contributed by atoms with Crippen LogP contribution in [0.15, 0.2) is 35.2 Å². The van der Waals surface area contributed by atoms with E-state index in [1.165, 1.54) is 12.1 Å². The van der Waals surface area contributed by atoms with Crippen LogP contribution in [0.5, 0.6) is 5.88 Å². The van der Waals surface area contributed by atoms with Crippen LogP contribution in [-0.2, 0) is 10.2 Å². The number of ether oxygens (including phenoxy) is 1. The predicted octanol–water partition coefficient (Wildman–Crippen LogP) is 1.71. The summed E-state index contributed by atoms with van der Waals surface area (Å²) in [5, 5.41) is 0. The van der Waals surface area contributed by atoms with E-state index >= 15 is 0 Å². The molecule has 0 spiro atoms. The van der Waals surface area contributed by atoms with Crippen molar-refractivity contribution in [2.75, 3.05) is 18.8 Å². The summed E-state index contributed by atoms with van der Waals surface area (Å²) in [6, 6.07) is 6.35. The second-order valence-corrected chi connectivity index (χ2v) is 7.60. The highest BCUT2D eigenvalue weighted by atomic mass is 32.3. The van der Waals surface area contributed by atoms with Crippen LogP contribution in [0, 0.1) is 6.92 Å². The van der Waals surface area contributed by atoms with Gasteiger partial charge in [0.25, 0.3) is 5.91 Å². The number of aryl methyl sites for hydroxylation is 1. The first-order chi connectivity index (χ1) is 12.7. The van der Waals surface area contributed by atoms with Gasteiger partial charge in [-0.25, -0.2) is 4.98 Å². The average Bonchev–Trinajstić information content (AvgIpc) is 2.60. The van der Waals surface area contributed by atoms with Crippen LogP contribution in [0.1, 0.15) is 29.0 Å². The number of aromatic nitrogens is 2. The molecule has 0 atom stereocenters. The summed E-state index contributed by atoms with van der Waals surface area (Å²) in [6.07, 6.45) is 1.14. The van der Waals surface area contributed by atoms with Crippen molar-refractivity contribution in [1.29, 1.82) is 0 Å². The third-order valence-corrected chi connectivity index (χ3v) is 5.07. The minimum Gasteiger partial charge on any atom is -0.474 e. The Morgan fingerprint density at radius 2 is 1.85 bits per heavy atom. The summed E-state index contributed by atoms with van der Waals surface area (Å²) in [5.74, 6) is 1.03. The first-order valence-electron chi connectivity index (χ1n) is 8.34. The Labute approximate surface area is 156 Å². The highest BCUT2D eigenvalue weighted by molar-refractivity contribution is 7.86. The maximum absolute atomic E-state index is 12.9. The van der Waals surface area contributed by atoms with Crippen molar-refractivity contribution >= 4 is 21.9 Å². The monoisotopic (exact) mass is 394 g/mol. The molecule has 1 fully saturated rings. The summed E-state index contributed by atoms with van der Waals surface area (Å²) in [6.45, 7) is 2.68. The van der Waals surface area contributed by atoms with Gasteiger partial charge in [0.05, 0.1) is 4.90 Å². The molecule has 0 bridgehead atoms. The Morgan fingerprint density at radius 1 is 1.22 bits per heavy atom. The highest BCUT2D eigenvalue weighted by Crippen LogP contribution is 2.21. The minimum absolute atomic E-state index is 0.0955. The van der Waals surface area contributed by atoms with Gasteiger partial charge in [-0.2, -0.15) is 13.4 Å². The molecule has 2 aromatic rings. The van der Waals surface area contributed by atoms with Gasteiger partial charge in [0.1, 0.15) is 17.7 Å². The molecule has 1 saturated heterocycles. The number of halogens is 1. The fourth-order valence-electron chi connectivity index (χ4n) is 2.91. The van der Waals surface area contributed by atoms with Crippen LogP contribution in [0.25, 0.3) is 0 Å². The number of nitrogens with two attached hydrogens (primary N) is 1. The van der Waals surface area contributed by atoms with Crippen molar-refractivity contribution in [2.24, 2.45) is 0 Å². The fourth-order valence-corrected chi connectivity index (χ4v) is 3.37. The van der Waals surface area contributed by atoms with E-state index in [9.17, 15) is 17.1 Å². The van der Waals surface area contributed by atoms with E-state index in [4.69, 9.17) is 10.5 Å². The van der Waals surface area contributed by atoms with Gasteiger partial charge in [0.15, 0.2) is 0 Å². The molecule has 8 nitrogen and oxygen atoms in total. The van der Waals surface area contributed by atoms with Gasteiger partial charge in [-0.05, 0) is 31.2 Å². The van der Waals surface area contributed by atoms with Crippen LogP contribution in [0.3, 0.4) is 0 Å². The number of nitrogens with zero attached hydrogens (tertiary/aromatic N) is 3.